The second kappa shape index (κ2) is 9.08. The summed E-state index contributed by atoms with van der Waals surface area (Å²) in [5.74, 6) is 0.436. The van der Waals surface area contributed by atoms with Gasteiger partial charge in [0.25, 0.3) is 5.91 Å². The van der Waals surface area contributed by atoms with Crippen LogP contribution >= 0.6 is 11.3 Å². The highest BCUT2D eigenvalue weighted by Crippen LogP contribution is 2.20. The second-order valence-corrected chi connectivity index (χ2v) is 6.98. The van der Waals surface area contributed by atoms with Crippen molar-refractivity contribution in [2.45, 2.75) is 20.4 Å². The van der Waals surface area contributed by atoms with Crippen LogP contribution < -0.4 is 14.8 Å². The van der Waals surface area contributed by atoms with E-state index >= 15 is 0 Å². The van der Waals surface area contributed by atoms with Gasteiger partial charge in [0.2, 0.25) is 0 Å². The summed E-state index contributed by atoms with van der Waals surface area (Å²) in [6.45, 7) is 4.90. The molecule has 6 nitrogen and oxygen atoms in total. The molecule has 1 aromatic carbocycles. The molecule has 0 saturated heterocycles. The third-order valence-corrected chi connectivity index (χ3v) is 4.16. The number of ether oxygens (including phenoxy) is 2. The lowest BCUT2D eigenvalue weighted by atomic mass is 10.2. The first kappa shape index (κ1) is 18.8. The number of nitrogens with one attached hydrogen (secondary N) is 1. The van der Waals surface area contributed by atoms with Gasteiger partial charge in [0.1, 0.15) is 16.4 Å². The fraction of sp³-hybridized carbons (Fsp3) is 0.333. The molecule has 0 fully saturated rings. The lowest BCUT2D eigenvalue weighted by Gasteiger charge is -2.11. The van der Waals surface area contributed by atoms with Gasteiger partial charge in [-0.05, 0) is 30.2 Å². The van der Waals surface area contributed by atoms with Crippen LogP contribution in [0.2, 0.25) is 0 Å². The van der Waals surface area contributed by atoms with Crippen molar-refractivity contribution in [3.8, 4) is 11.5 Å². The molecule has 0 atom stereocenters. The molecule has 0 aliphatic heterocycles. The first-order valence-electron chi connectivity index (χ1n) is 7.88. The minimum absolute atomic E-state index is 0.120. The summed E-state index contributed by atoms with van der Waals surface area (Å²) in [5.41, 5.74) is 0. The van der Waals surface area contributed by atoms with Crippen LogP contribution in [0.15, 0.2) is 36.4 Å². The SMILES string of the molecule is CC(C)COc1cccc(OCC(=O)NCc2ccc(C(=O)O)s2)c1. The van der Waals surface area contributed by atoms with Gasteiger partial charge >= 0.3 is 5.97 Å². The molecule has 2 aromatic rings. The molecule has 134 valence electrons. The van der Waals surface area contributed by atoms with Crippen LogP contribution in [0.25, 0.3) is 0 Å². The molecule has 0 spiro atoms. The third kappa shape index (κ3) is 6.46. The first-order chi connectivity index (χ1) is 11.9. The smallest absolute Gasteiger partial charge is 0.345 e. The van der Waals surface area contributed by atoms with Gasteiger partial charge in [-0.25, -0.2) is 4.79 Å². The fourth-order valence-corrected chi connectivity index (χ4v) is 2.68. The maximum Gasteiger partial charge on any atom is 0.345 e. The first-order valence-corrected chi connectivity index (χ1v) is 8.70. The van der Waals surface area contributed by atoms with Crippen molar-refractivity contribution in [1.82, 2.24) is 5.32 Å². The Hall–Kier alpha value is -2.54. The van der Waals surface area contributed by atoms with Crippen LogP contribution in [0.4, 0.5) is 0 Å². The number of hydrogen-bond donors (Lipinski definition) is 2. The van der Waals surface area contributed by atoms with Crippen molar-refractivity contribution in [1.29, 1.82) is 0 Å². The molecule has 0 radical (unpaired) electrons. The zero-order valence-electron chi connectivity index (χ0n) is 14.2. The standard InChI is InChI=1S/C18H21NO5S/c1-12(2)10-23-13-4-3-5-14(8-13)24-11-17(20)19-9-15-6-7-16(25-15)18(21)22/h3-8,12H,9-11H2,1-2H3,(H,19,20)(H,21,22). The Kier molecular flexibility index (Phi) is 6.82. The molecule has 0 bridgehead atoms. The lowest BCUT2D eigenvalue weighted by Crippen LogP contribution is -2.28. The van der Waals surface area contributed by atoms with Crippen LogP contribution in [0.1, 0.15) is 28.4 Å². The molecule has 0 saturated carbocycles. The number of rotatable bonds is 9. The van der Waals surface area contributed by atoms with Gasteiger partial charge in [-0.2, -0.15) is 0 Å². The van der Waals surface area contributed by atoms with Crippen LogP contribution in [0.5, 0.6) is 11.5 Å². The van der Waals surface area contributed by atoms with E-state index in [4.69, 9.17) is 14.6 Å². The van der Waals surface area contributed by atoms with Gasteiger partial charge in [-0.1, -0.05) is 19.9 Å². The molecule has 0 aliphatic carbocycles. The number of benzene rings is 1. The Bertz CT molecular complexity index is 726. The number of carbonyl (C=O) groups excluding carboxylic acids is 1. The van der Waals surface area contributed by atoms with E-state index in [0.717, 1.165) is 16.2 Å². The molecule has 1 amide bonds. The van der Waals surface area contributed by atoms with Gasteiger partial charge < -0.3 is 19.9 Å². The number of carbonyl (C=O) groups is 2. The summed E-state index contributed by atoms with van der Waals surface area (Å²) in [6, 6.07) is 10.4. The monoisotopic (exact) mass is 363 g/mol. The van der Waals surface area contributed by atoms with E-state index in [1.54, 1.807) is 18.2 Å². The maximum atomic E-state index is 11.9. The van der Waals surface area contributed by atoms with Crippen molar-refractivity contribution in [2.75, 3.05) is 13.2 Å². The van der Waals surface area contributed by atoms with Gasteiger partial charge in [-0.3, -0.25) is 4.79 Å². The topological polar surface area (TPSA) is 84.9 Å². The predicted molar refractivity (Wildman–Crippen MR) is 95.4 cm³/mol. The summed E-state index contributed by atoms with van der Waals surface area (Å²) in [4.78, 5) is 23.7. The van der Waals surface area contributed by atoms with E-state index in [1.165, 1.54) is 6.07 Å². The second-order valence-electron chi connectivity index (χ2n) is 5.82. The van der Waals surface area contributed by atoms with Crippen molar-refractivity contribution in [2.24, 2.45) is 5.92 Å². The average Bonchev–Trinajstić information content (AvgIpc) is 3.06. The van der Waals surface area contributed by atoms with Gasteiger partial charge in [0, 0.05) is 10.9 Å². The van der Waals surface area contributed by atoms with Gasteiger partial charge in [-0.15, -0.1) is 11.3 Å². The highest BCUT2D eigenvalue weighted by molar-refractivity contribution is 7.13. The Labute approximate surface area is 150 Å². The van der Waals surface area contributed by atoms with E-state index < -0.39 is 5.97 Å². The number of amides is 1. The van der Waals surface area contributed by atoms with E-state index in [-0.39, 0.29) is 23.9 Å². The normalized spacial score (nSPS) is 10.5. The van der Waals surface area contributed by atoms with Crippen molar-refractivity contribution < 1.29 is 24.2 Å². The summed E-state index contributed by atoms with van der Waals surface area (Å²) in [6.07, 6.45) is 0. The van der Waals surface area contributed by atoms with E-state index in [2.05, 4.69) is 19.2 Å². The molecule has 2 N–H and O–H groups in total. The number of thiophene rings is 1. The summed E-state index contributed by atoms with van der Waals surface area (Å²) in [5, 5.41) is 11.6. The largest absolute Gasteiger partial charge is 0.493 e. The Morgan fingerprint density at radius 2 is 1.88 bits per heavy atom. The molecule has 2 rings (SSSR count). The number of carboxylic acids is 1. The minimum Gasteiger partial charge on any atom is -0.493 e. The zero-order chi connectivity index (χ0) is 18.2. The van der Waals surface area contributed by atoms with Crippen LogP contribution in [0, 0.1) is 5.92 Å². The van der Waals surface area contributed by atoms with Crippen molar-refractivity contribution >= 4 is 23.2 Å². The molecule has 1 aromatic heterocycles. The molecular formula is C18H21NO5S. The fourth-order valence-electron chi connectivity index (χ4n) is 1.89. The predicted octanol–water partition coefficient (Wildman–Crippen LogP) is 3.18. The number of carboxylic acid groups (broad SMARTS) is 1. The average molecular weight is 363 g/mol. The minimum atomic E-state index is -0.967. The molecular weight excluding hydrogens is 342 g/mol. The van der Waals surface area contributed by atoms with Crippen molar-refractivity contribution in [3.05, 3.63) is 46.2 Å². The third-order valence-electron chi connectivity index (χ3n) is 3.09. The van der Waals surface area contributed by atoms with Gasteiger partial charge in [0.05, 0.1) is 13.2 Å². The molecule has 0 aliphatic rings. The summed E-state index contributed by atoms with van der Waals surface area (Å²) >= 11 is 1.14. The van der Waals surface area contributed by atoms with Crippen LogP contribution in [-0.2, 0) is 11.3 Å². The molecule has 25 heavy (non-hydrogen) atoms. The zero-order valence-corrected chi connectivity index (χ0v) is 15.0. The Morgan fingerprint density at radius 3 is 2.52 bits per heavy atom. The van der Waals surface area contributed by atoms with Crippen molar-refractivity contribution in [3.63, 3.8) is 0 Å². The van der Waals surface area contributed by atoms with Crippen LogP contribution in [-0.4, -0.2) is 30.2 Å². The molecule has 0 unspecified atom stereocenters. The summed E-state index contributed by atoms with van der Waals surface area (Å²) < 4.78 is 11.1. The highest BCUT2D eigenvalue weighted by Gasteiger charge is 2.09. The van der Waals surface area contributed by atoms with E-state index in [0.29, 0.717) is 24.0 Å². The number of hydrogen-bond acceptors (Lipinski definition) is 5. The van der Waals surface area contributed by atoms with Crippen LogP contribution in [0.3, 0.4) is 0 Å². The molecule has 1 heterocycles. The highest BCUT2D eigenvalue weighted by atomic mass is 32.1. The van der Waals surface area contributed by atoms with E-state index in [9.17, 15) is 9.59 Å². The Morgan fingerprint density at radius 1 is 1.16 bits per heavy atom. The molecule has 7 heteroatoms. The van der Waals surface area contributed by atoms with E-state index in [1.807, 2.05) is 12.1 Å². The van der Waals surface area contributed by atoms with Gasteiger partial charge in [0.15, 0.2) is 6.61 Å². The quantitative estimate of drug-likeness (QED) is 0.715. The summed E-state index contributed by atoms with van der Waals surface area (Å²) in [7, 11) is 0. The maximum absolute atomic E-state index is 11.9. The number of aromatic carboxylic acids is 1. The lowest BCUT2D eigenvalue weighted by molar-refractivity contribution is -0.123. The Balaban J connectivity index is 1.77.